The van der Waals surface area contributed by atoms with Crippen LogP contribution in [0.15, 0.2) is 12.3 Å². The summed E-state index contributed by atoms with van der Waals surface area (Å²) in [7, 11) is 2.15. The van der Waals surface area contributed by atoms with E-state index in [1.165, 1.54) is 12.8 Å². The van der Waals surface area contributed by atoms with Crippen molar-refractivity contribution >= 4 is 11.0 Å². The maximum Gasteiger partial charge on any atom is 0.318 e. The van der Waals surface area contributed by atoms with Crippen LogP contribution >= 0.6 is 0 Å². The molecule has 0 radical (unpaired) electrons. The lowest BCUT2D eigenvalue weighted by Crippen LogP contribution is -2.30. The lowest BCUT2D eigenvalue weighted by Gasteiger charge is -2.19. The molecule has 3 rings (SSSR count). The topological polar surface area (TPSA) is 54.0 Å². The Balaban J connectivity index is 1.80. The van der Waals surface area contributed by atoms with E-state index in [4.69, 9.17) is 4.74 Å². The summed E-state index contributed by atoms with van der Waals surface area (Å²) < 4.78 is 5.84. The minimum Gasteiger partial charge on any atom is -0.462 e. The van der Waals surface area contributed by atoms with Crippen molar-refractivity contribution in [3.8, 4) is 6.01 Å². The number of H-pyrrole nitrogens is 1. The zero-order chi connectivity index (χ0) is 14.1. The molecule has 1 saturated heterocycles. The number of hydrogen-bond acceptors (Lipinski definition) is 4. The monoisotopic (exact) mass is 274 g/mol. The highest BCUT2D eigenvalue weighted by molar-refractivity contribution is 5.78. The van der Waals surface area contributed by atoms with E-state index in [0.29, 0.717) is 24.6 Å². The van der Waals surface area contributed by atoms with Gasteiger partial charge >= 0.3 is 6.01 Å². The van der Waals surface area contributed by atoms with Gasteiger partial charge in [0, 0.05) is 17.6 Å². The van der Waals surface area contributed by atoms with Gasteiger partial charge in [0.15, 0.2) is 0 Å². The minimum absolute atomic E-state index is 0.354. The van der Waals surface area contributed by atoms with Gasteiger partial charge in [-0.05, 0) is 38.4 Å². The first-order valence-corrected chi connectivity index (χ1v) is 7.33. The molecule has 1 N–H and O–H groups in total. The van der Waals surface area contributed by atoms with Crippen molar-refractivity contribution in [2.24, 2.45) is 0 Å². The molecule has 0 spiro atoms. The van der Waals surface area contributed by atoms with Gasteiger partial charge in [-0.3, -0.25) is 0 Å². The third kappa shape index (κ3) is 2.50. The number of nitrogens with zero attached hydrogens (tertiary/aromatic N) is 3. The first-order chi connectivity index (χ1) is 9.65. The number of aromatic amines is 1. The van der Waals surface area contributed by atoms with Gasteiger partial charge < -0.3 is 14.6 Å². The molecule has 2 aromatic rings. The first kappa shape index (κ1) is 13.4. The molecule has 1 atom stereocenters. The number of fused-ring (bicyclic) bond motifs is 1. The van der Waals surface area contributed by atoms with E-state index in [1.54, 1.807) is 0 Å². The molecule has 0 saturated carbocycles. The molecule has 3 heterocycles. The van der Waals surface area contributed by atoms with Gasteiger partial charge in [-0.2, -0.15) is 9.97 Å². The van der Waals surface area contributed by atoms with Crippen LogP contribution in [0.4, 0.5) is 0 Å². The van der Waals surface area contributed by atoms with Crippen LogP contribution < -0.4 is 4.74 Å². The fourth-order valence-corrected chi connectivity index (χ4v) is 2.81. The van der Waals surface area contributed by atoms with Crippen LogP contribution in [-0.4, -0.2) is 46.1 Å². The lowest BCUT2D eigenvalue weighted by atomic mass is 10.1. The number of likely N-dealkylation sites (N-methyl/N-ethyl adjacent to an activating group) is 1. The highest BCUT2D eigenvalue weighted by Crippen LogP contribution is 2.24. The molecule has 1 aliphatic heterocycles. The number of nitrogens with one attached hydrogen (secondary N) is 1. The second-order valence-electron chi connectivity index (χ2n) is 5.87. The van der Waals surface area contributed by atoms with Crippen LogP contribution in [-0.2, 0) is 0 Å². The summed E-state index contributed by atoms with van der Waals surface area (Å²) in [6.07, 6.45) is 4.34. The number of ether oxygens (including phenoxy) is 1. The number of aromatic nitrogens is 3. The van der Waals surface area contributed by atoms with Crippen LogP contribution in [0, 0.1) is 0 Å². The highest BCUT2D eigenvalue weighted by Gasteiger charge is 2.22. The molecule has 5 heteroatoms. The Bertz CT molecular complexity index is 593. The van der Waals surface area contributed by atoms with Crippen molar-refractivity contribution in [1.82, 2.24) is 19.9 Å². The highest BCUT2D eigenvalue weighted by atomic mass is 16.5. The van der Waals surface area contributed by atoms with Crippen molar-refractivity contribution in [1.29, 1.82) is 0 Å². The van der Waals surface area contributed by atoms with Crippen LogP contribution in [0.1, 0.15) is 38.3 Å². The summed E-state index contributed by atoms with van der Waals surface area (Å²) in [5.74, 6) is 0.354. The average Bonchev–Trinajstić information content (AvgIpc) is 3.03. The van der Waals surface area contributed by atoms with Gasteiger partial charge in [-0.25, -0.2) is 0 Å². The van der Waals surface area contributed by atoms with Crippen molar-refractivity contribution in [2.75, 3.05) is 20.2 Å². The van der Waals surface area contributed by atoms with Gasteiger partial charge in [-0.1, -0.05) is 13.8 Å². The van der Waals surface area contributed by atoms with Crippen molar-refractivity contribution in [3.63, 3.8) is 0 Å². The smallest absolute Gasteiger partial charge is 0.318 e. The Kier molecular flexibility index (Phi) is 3.61. The van der Waals surface area contributed by atoms with E-state index in [1.807, 2.05) is 12.3 Å². The molecule has 1 fully saturated rings. The van der Waals surface area contributed by atoms with Crippen molar-refractivity contribution < 1.29 is 4.74 Å². The van der Waals surface area contributed by atoms with Gasteiger partial charge in [0.1, 0.15) is 12.3 Å². The Morgan fingerprint density at radius 1 is 1.45 bits per heavy atom. The van der Waals surface area contributed by atoms with Crippen LogP contribution in [0.3, 0.4) is 0 Å². The molecular formula is C15H22N4O. The molecule has 5 nitrogen and oxygen atoms in total. The summed E-state index contributed by atoms with van der Waals surface area (Å²) in [6.45, 7) is 6.11. The fraction of sp³-hybridized carbons (Fsp3) is 0.600. The normalized spacial score (nSPS) is 20.1. The Labute approximate surface area is 119 Å². The van der Waals surface area contributed by atoms with Gasteiger partial charge in [0.2, 0.25) is 0 Å². The third-order valence-corrected chi connectivity index (χ3v) is 4.05. The van der Waals surface area contributed by atoms with E-state index in [9.17, 15) is 0 Å². The van der Waals surface area contributed by atoms with E-state index in [0.717, 1.165) is 23.3 Å². The Hall–Kier alpha value is -1.62. The summed E-state index contributed by atoms with van der Waals surface area (Å²) in [5.41, 5.74) is 1.91. The molecule has 0 amide bonds. The van der Waals surface area contributed by atoms with Gasteiger partial charge in [0.05, 0.1) is 5.69 Å². The summed E-state index contributed by atoms with van der Waals surface area (Å²) >= 11 is 0. The summed E-state index contributed by atoms with van der Waals surface area (Å²) in [6, 6.07) is 3.00. The van der Waals surface area contributed by atoms with Gasteiger partial charge in [0.25, 0.3) is 0 Å². The third-order valence-electron chi connectivity index (χ3n) is 4.05. The van der Waals surface area contributed by atoms with Crippen molar-refractivity contribution in [2.45, 2.75) is 38.6 Å². The van der Waals surface area contributed by atoms with E-state index in [2.05, 4.69) is 40.7 Å². The van der Waals surface area contributed by atoms with E-state index < -0.39 is 0 Å². The van der Waals surface area contributed by atoms with Crippen LogP contribution in [0.2, 0.25) is 0 Å². The van der Waals surface area contributed by atoms with Crippen LogP contribution in [0.25, 0.3) is 11.0 Å². The number of rotatable bonds is 4. The molecule has 108 valence electrons. The molecular weight excluding hydrogens is 252 g/mol. The fourth-order valence-electron chi connectivity index (χ4n) is 2.81. The SMILES string of the molecule is CC(C)c1nc(OC[C@H]2CCCN2C)nc2[nH]ccc12. The largest absolute Gasteiger partial charge is 0.462 e. The second-order valence-corrected chi connectivity index (χ2v) is 5.87. The van der Waals surface area contributed by atoms with Crippen LogP contribution in [0.5, 0.6) is 6.01 Å². The number of likely N-dealkylation sites (tertiary alicyclic amines) is 1. The number of hydrogen-bond donors (Lipinski definition) is 1. The zero-order valence-corrected chi connectivity index (χ0v) is 12.4. The predicted octanol–water partition coefficient (Wildman–Crippen LogP) is 2.55. The standard InChI is InChI=1S/C15H22N4O/c1-10(2)13-12-6-7-16-14(12)18-15(17-13)20-9-11-5-4-8-19(11)3/h6-7,10-11H,4-5,8-9H2,1-3H3,(H,16,17,18)/t11-/m1/s1. The Morgan fingerprint density at radius 3 is 3.00 bits per heavy atom. The minimum atomic E-state index is 0.354. The summed E-state index contributed by atoms with van der Waals surface area (Å²) in [4.78, 5) is 14.5. The lowest BCUT2D eigenvalue weighted by molar-refractivity contribution is 0.188. The predicted molar refractivity (Wildman–Crippen MR) is 79.1 cm³/mol. The molecule has 2 aromatic heterocycles. The summed E-state index contributed by atoms with van der Waals surface area (Å²) in [5, 5.41) is 1.09. The van der Waals surface area contributed by atoms with E-state index >= 15 is 0 Å². The molecule has 0 aromatic carbocycles. The molecule has 0 bridgehead atoms. The van der Waals surface area contributed by atoms with Crippen molar-refractivity contribution in [3.05, 3.63) is 18.0 Å². The van der Waals surface area contributed by atoms with E-state index in [-0.39, 0.29) is 0 Å². The second kappa shape index (κ2) is 5.40. The maximum atomic E-state index is 5.84. The molecule has 0 unspecified atom stereocenters. The molecule has 1 aliphatic rings. The average molecular weight is 274 g/mol. The zero-order valence-electron chi connectivity index (χ0n) is 12.4. The maximum absolute atomic E-state index is 5.84. The quantitative estimate of drug-likeness (QED) is 0.931. The Morgan fingerprint density at radius 2 is 2.30 bits per heavy atom. The molecule has 0 aliphatic carbocycles. The first-order valence-electron chi connectivity index (χ1n) is 7.33. The molecule has 20 heavy (non-hydrogen) atoms. The van der Waals surface area contributed by atoms with Gasteiger partial charge in [-0.15, -0.1) is 0 Å².